The van der Waals surface area contributed by atoms with E-state index in [1.165, 1.54) is 12.4 Å². The molecule has 0 aromatic carbocycles. The third-order valence-corrected chi connectivity index (χ3v) is 2.96. The standard InChI is InChI=1S/C10H13N3O3/c1-6-4-13(5-8(6)10(15)16)9(14)7-2-11-12-3-7/h2-3,6,8H,4-5H2,1H3,(H,11,12)(H,15,16)/t6-,8-/m1/s1. The lowest BCUT2D eigenvalue weighted by atomic mass is 9.99. The molecular weight excluding hydrogens is 210 g/mol. The number of amides is 1. The third-order valence-electron chi connectivity index (χ3n) is 2.96. The highest BCUT2D eigenvalue weighted by atomic mass is 16.4. The molecule has 0 aliphatic carbocycles. The van der Waals surface area contributed by atoms with E-state index < -0.39 is 11.9 Å². The second-order valence-corrected chi connectivity index (χ2v) is 4.12. The SMILES string of the molecule is C[C@@H]1CN(C(=O)c2cn[nH]c2)C[C@H]1C(=O)O. The minimum absolute atomic E-state index is 0.00616. The van der Waals surface area contributed by atoms with Crippen LogP contribution in [0.25, 0.3) is 0 Å². The molecule has 0 saturated carbocycles. The maximum Gasteiger partial charge on any atom is 0.308 e. The molecule has 0 unspecified atom stereocenters. The smallest absolute Gasteiger partial charge is 0.308 e. The first-order valence-electron chi connectivity index (χ1n) is 5.10. The van der Waals surface area contributed by atoms with Crippen LogP contribution in [0.3, 0.4) is 0 Å². The van der Waals surface area contributed by atoms with E-state index in [0.717, 1.165) is 0 Å². The van der Waals surface area contributed by atoms with Crippen molar-refractivity contribution in [3.8, 4) is 0 Å². The molecule has 2 rings (SSSR count). The number of likely N-dealkylation sites (tertiary alicyclic amines) is 1. The van der Waals surface area contributed by atoms with Crippen LogP contribution in [-0.4, -0.2) is 45.2 Å². The third kappa shape index (κ3) is 1.78. The molecule has 0 spiro atoms. The van der Waals surface area contributed by atoms with Crippen LogP contribution in [0.4, 0.5) is 0 Å². The molecule has 1 aromatic heterocycles. The minimum atomic E-state index is -0.838. The summed E-state index contributed by atoms with van der Waals surface area (Å²) >= 11 is 0. The van der Waals surface area contributed by atoms with Gasteiger partial charge in [0.05, 0.1) is 17.7 Å². The van der Waals surface area contributed by atoms with Gasteiger partial charge in [-0.05, 0) is 5.92 Å². The van der Waals surface area contributed by atoms with Crippen molar-refractivity contribution in [1.29, 1.82) is 0 Å². The molecule has 1 aliphatic heterocycles. The van der Waals surface area contributed by atoms with E-state index in [2.05, 4.69) is 10.2 Å². The lowest BCUT2D eigenvalue weighted by Crippen LogP contribution is -2.29. The van der Waals surface area contributed by atoms with Crippen LogP contribution < -0.4 is 0 Å². The predicted octanol–water partition coefficient (Wildman–Crippen LogP) is 0.202. The van der Waals surface area contributed by atoms with Gasteiger partial charge < -0.3 is 10.0 Å². The van der Waals surface area contributed by atoms with Gasteiger partial charge in [0, 0.05) is 19.3 Å². The summed E-state index contributed by atoms with van der Waals surface area (Å²) in [7, 11) is 0. The van der Waals surface area contributed by atoms with Gasteiger partial charge in [-0.25, -0.2) is 0 Å². The quantitative estimate of drug-likeness (QED) is 0.750. The number of H-pyrrole nitrogens is 1. The van der Waals surface area contributed by atoms with E-state index in [-0.39, 0.29) is 18.4 Å². The Balaban J connectivity index is 2.09. The van der Waals surface area contributed by atoms with Crippen molar-refractivity contribution in [2.75, 3.05) is 13.1 Å². The van der Waals surface area contributed by atoms with Crippen LogP contribution in [0.2, 0.25) is 0 Å². The van der Waals surface area contributed by atoms with Gasteiger partial charge in [-0.2, -0.15) is 5.10 Å². The summed E-state index contributed by atoms with van der Waals surface area (Å²) in [5, 5.41) is 15.2. The van der Waals surface area contributed by atoms with Crippen molar-refractivity contribution in [2.24, 2.45) is 11.8 Å². The van der Waals surface area contributed by atoms with Crippen LogP contribution in [0.15, 0.2) is 12.4 Å². The van der Waals surface area contributed by atoms with E-state index in [0.29, 0.717) is 12.1 Å². The number of nitrogens with zero attached hydrogens (tertiary/aromatic N) is 2. The average Bonchev–Trinajstić information content (AvgIpc) is 2.84. The Kier molecular flexibility index (Phi) is 2.64. The Morgan fingerprint density at radius 2 is 2.31 bits per heavy atom. The summed E-state index contributed by atoms with van der Waals surface area (Å²) in [6.07, 6.45) is 2.96. The van der Waals surface area contributed by atoms with Gasteiger partial charge in [-0.1, -0.05) is 6.92 Å². The van der Waals surface area contributed by atoms with Crippen LogP contribution in [0.5, 0.6) is 0 Å². The maximum absolute atomic E-state index is 11.9. The van der Waals surface area contributed by atoms with Gasteiger partial charge >= 0.3 is 5.97 Å². The molecule has 2 N–H and O–H groups in total. The summed E-state index contributed by atoms with van der Waals surface area (Å²) in [4.78, 5) is 24.4. The largest absolute Gasteiger partial charge is 0.481 e. The molecule has 6 nitrogen and oxygen atoms in total. The Bertz CT molecular complexity index is 401. The molecule has 0 radical (unpaired) electrons. The van der Waals surface area contributed by atoms with Gasteiger partial charge in [-0.3, -0.25) is 14.7 Å². The molecule has 2 atom stereocenters. The summed E-state index contributed by atoms with van der Waals surface area (Å²) in [6.45, 7) is 2.61. The van der Waals surface area contributed by atoms with Crippen LogP contribution in [0.1, 0.15) is 17.3 Å². The number of aromatic nitrogens is 2. The van der Waals surface area contributed by atoms with Crippen molar-refractivity contribution in [3.63, 3.8) is 0 Å². The zero-order chi connectivity index (χ0) is 11.7. The number of carbonyl (C=O) groups is 2. The van der Waals surface area contributed by atoms with Crippen molar-refractivity contribution >= 4 is 11.9 Å². The van der Waals surface area contributed by atoms with Crippen molar-refractivity contribution in [2.45, 2.75) is 6.92 Å². The number of hydrogen-bond acceptors (Lipinski definition) is 3. The number of aromatic amines is 1. The molecule has 1 aliphatic rings. The van der Waals surface area contributed by atoms with Crippen molar-refractivity contribution < 1.29 is 14.7 Å². The van der Waals surface area contributed by atoms with Crippen LogP contribution >= 0.6 is 0 Å². The lowest BCUT2D eigenvalue weighted by molar-refractivity contribution is -0.142. The fraction of sp³-hybridized carbons (Fsp3) is 0.500. The predicted molar refractivity (Wildman–Crippen MR) is 54.8 cm³/mol. The number of nitrogens with one attached hydrogen (secondary N) is 1. The monoisotopic (exact) mass is 223 g/mol. The first kappa shape index (κ1) is 10.7. The Hall–Kier alpha value is -1.85. The fourth-order valence-corrected chi connectivity index (χ4v) is 2.00. The highest BCUT2D eigenvalue weighted by Gasteiger charge is 2.37. The maximum atomic E-state index is 11.9. The van der Waals surface area contributed by atoms with E-state index in [4.69, 9.17) is 5.11 Å². The molecule has 0 bridgehead atoms. The van der Waals surface area contributed by atoms with E-state index in [1.54, 1.807) is 4.90 Å². The number of hydrogen-bond donors (Lipinski definition) is 2. The normalized spacial score (nSPS) is 24.7. The fourth-order valence-electron chi connectivity index (χ4n) is 2.00. The number of aliphatic carboxylic acids is 1. The van der Waals surface area contributed by atoms with Crippen molar-refractivity contribution in [1.82, 2.24) is 15.1 Å². The van der Waals surface area contributed by atoms with E-state index in [9.17, 15) is 9.59 Å². The molecular formula is C10H13N3O3. The van der Waals surface area contributed by atoms with Crippen LogP contribution in [-0.2, 0) is 4.79 Å². The molecule has 16 heavy (non-hydrogen) atoms. The zero-order valence-electron chi connectivity index (χ0n) is 8.88. The Labute approximate surface area is 92.3 Å². The average molecular weight is 223 g/mol. The van der Waals surface area contributed by atoms with Gasteiger partial charge in [0.15, 0.2) is 0 Å². The number of carbonyl (C=O) groups excluding carboxylic acids is 1. The van der Waals surface area contributed by atoms with Crippen LogP contribution in [0, 0.1) is 11.8 Å². The number of rotatable bonds is 2. The summed E-state index contributed by atoms with van der Waals surface area (Å²) < 4.78 is 0. The molecule has 1 amide bonds. The van der Waals surface area contributed by atoms with Gasteiger partial charge in [0.25, 0.3) is 5.91 Å². The Morgan fingerprint density at radius 1 is 1.56 bits per heavy atom. The highest BCUT2D eigenvalue weighted by Crippen LogP contribution is 2.24. The number of carboxylic acid groups (broad SMARTS) is 1. The first-order chi connectivity index (χ1) is 7.59. The minimum Gasteiger partial charge on any atom is -0.481 e. The van der Waals surface area contributed by atoms with Gasteiger partial charge in [0.2, 0.25) is 0 Å². The van der Waals surface area contributed by atoms with Crippen molar-refractivity contribution in [3.05, 3.63) is 18.0 Å². The van der Waals surface area contributed by atoms with Gasteiger partial charge in [-0.15, -0.1) is 0 Å². The number of carboxylic acids is 1. The highest BCUT2D eigenvalue weighted by molar-refractivity contribution is 5.94. The van der Waals surface area contributed by atoms with Gasteiger partial charge in [0.1, 0.15) is 0 Å². The molecule has 1 aromatic rings. The first-order valence-corrected chi connectivity index (χ1v) is 5.10. The second kappa shape index (κ2) is 3.96. The summed E-state index contributed by atoms with van der Waals surface area (Å²) in [5.74, 6) is -1.47. The summed E-state index contributed by atoms with van der Waals surface area (Å²) in [5.41, 5.74) is 0.471. The molecule has 1 fully saturated rings. The molecule has 6 heteroatoms. The molecule has 2 heterocycles. The second-order valence-electron chi connectivity index (χ2n) is 4.12. The Morgan fingerprint density at radius 3 is 2.81 bits per heavy atom. The van der Waals surface area contributed by atoms with E-state index in [1.807, 2.05) is 6.92 Å². The summed E-state index contributed by atoms with van der Waals surface area (Å²) in [6, 6.07) is 0. The van der Waals surface area contributed by atoms with E-state index >= 15 is 0 Å². The molecule has 1 saturated heterocycles. The zero-order valence-corrected chi connectivity index (χ0v) is 8.88. The topological polar surface area (TPSA) is 86.3 Å². The lowest BCUT2D eigenvalue weighted by Gasteiger charge is -2.14. The molecule has 86 valence electrons.